The van der Waals surface area contributed by atoms with Crippen LogP contribution in [0.4, 0.5) is 0 Å². The molecular formula is C19H20N4O3. The van der Waals surface area contributed by atoms with Crippen molar-refractivity contribution in [1.82, 2.24) is 19.4 Å². The molecule has 0 radical (unpaired) electrons. The van der Waals surface area contributed by atoms with Crippen LogP contribution in [0.2, 0.25) is 0 Å². The molecule has 1 aromatic carbocycles. The van der Waals surface area contributed by atoms with Gasteiger partial charge in [-0.2, -0.15) is 0 Å². The summed E-state index contributed by atoms with van der Waals surface area (Å²) in [6, 6.07) is 7.60. The Morgan fingerprint density at radius 2 is 2.08 bits per heavy atom. The molecule has 1 aliphatic heterocycles. The van der Waals surface area contributed by atoms with Crippen LogP contribution in [0.5, 0.6) is 5.75 Å². The molecule has 1 amide bonds. The number of methoxy groups -OCH3 is 1. The van der Waals surface area contributed by atoms with Gasteiger partial charge in [0.25, 0.3) is 5.91 Å². The van der Waals surface area contributed by atoms with Crippen molar-refractivity contribution >= 4 is 5.91 Å². The number of aromatic nitrogens is 3. The zero-order valence-corrected chi connectivity index (χ0v) is 15.0. The Balaban J connectivity index is 1.81. The van der Waals surface area contributed by atoms with Gasteiger partial charge in [0.1, 0.15) is 17.3 Å². The monoisotopic (exact) mass is 352 g/mol. The van der Waals surface area contributed by atoms with E-state index >= 15 is 0 Å². The van der Waals surface area contributed by atoms with E-state index in [9.17, 15) is 4.79 Å². The van der Waals surface area contributed by atoms with Gasteiger partial charge >= 0.3 is 0 Å². The smallest absolute Gasteiger partial charge is 0.277 e. The SMILES string of the molecule is COc1ccccc1C1Cn2c(C)cnc2CN1C(=O)c1ncoc1C. The summed E-state index contributed by atoms with van der Waals surface area (Å²) in [6.07, 6.45) is 3.14. The molecule has 7 nitrogen and oxygen atoms in total. The van der Waals surface area contributed by atoms with E-state index in [0.29, 0.717) is 24.5 Å². The zero-order valence-electron chi connectivity index (χ0n) is 15.0. The fraction of sp³-hybridized carbons (Fsp3) is 0.316. The highest BCUT2D eigenvalue weighted by Crippen LogP contribution is 2.36. The number of carbonyl (C=O) groups excluding carboxylic acids is 1. The highest BCUT2D eigenvalue weighted by molar-refractivity contribution is 5.93. The van der Waals surface area contributed by atoms with Crippen LogP contribution in [-0.4, -0.2) is 32.5 Å². The summed E-state index contributed by atoms with van der Waals surface area (Å²) < 4.78 is 12.9. The van der Waals surface area contributed by atoms with Gasteiger partial charge in [-0.25, -0.2) is 9.97 Å². The van der Waals surface area contributed by atoms with Crippen LogP contribution in [-0.2, 0) is 13.1 Å². The molecule has 7 heteroatoms. The Kier molecular flexibility index (Phi) is 3.99. The van der Waals surface area contributed by atoms with E-state index in [0.717, 1.165) is 22.8 Å². The van der Waals surface area contributed by atoms with E-state index in [1.165, 1.54) is 6.39 Å². The third-order valence-corrected chi connectivity index (χ3v) is 4.89. The Hall–Kier alpha value is -3.09. The fourth-order valence-corrected chi connectivity index (χ4v) is 3.49. The number of amides is 1. The minimum atomic E-state index is -0.185. The van der Waals surface area contributed by atoms with Gasteiger partial charge < -0.3 is 18.6 Å². The number of hydrogen-bond donors (Lipinski definition) is 0. The molecule has 1 aliphatic rings. The third-order valence-electron chi connectivity index (χ3n) is 4.89. The molecular weight excluding hydrogens is 332 g/mol. The summed E-state index contributed by atoms with van der Waals surface area (Å²) in [5.74, 6) is 1.97. The fourth-order valence-electron chi connectivity index (χ4n) is 3.49. The van der Waals surface area contributed by atoms with Crippen molar-refractivity contribution < 1.29 is 13.9 Å². The van der Waals surface area contributed by atoms with Crippen LogP contribution in [0.15, 0.2) is 41.3 Å². The number of aryl methyl sites for hydroxylation is 2. The molecule has 3 aromatic rings. The molecule has 0 bridgehead atoms. The van der Waals surface area contributed by atoms with Crippen molar-refractivity contribution in [3.63, 3.8) is 0 Å². The first-order valence-electron chi connectivity index (χ1n) is 8.45. The summed E-state index contributed by atoms with van der Waals surface area (Å²) >= 11 is 0. The lowest BCUT2D eigenvalue weighted by Crippen LogP contribution is -2.42. The molecule has 1 atom stereocenters. The first-order chi connectivity index (χ1) is 12.6. The molecule has 134 valence electrons. The summed E-state index contributed by atoms with van der Waals surface area (Å²) in [7, 11) is 1.64. The Morgan fingerprint density at radius 3 is 2.81 bits per heavy atom. The van der Waals surface area contributed by atoms with Crippen molar-refractivity contribution in [2.24, 2.45) is 0 Å². The lowest BCUT2D eigenvalue weighted by molar-refractivity contribution is 0.0572. The largest absolute Gasteiger partial charge is 0.496 e. The first-order valence-corrected chi connectivity index (χ1v) is 8.45. The predicted molar refractivity (Wildman–Crippen MR) is 93.8 cm³/mol. The van der Waals surface area contributed by atoms with E-state index in [2.05, 4.69) is 14.5 Å². The topological polar surface area (TPSA) is 73.4 Å². The molecule has 0 saturated carbocycles. The van der Waals surface area contributed by atoms with Crippen molar-refractivity contribution in [3.8, 4) is 5.75 Å². The van der Waals surface area contributed by atoms with Gasteiger partial charge in [0.15, 0.2) is 12.1 Å². The number of rotatable bonds is 3. The Morgan fingerprint density at radius 1 is 1.27 bits per heavy atom. The van der Waals surface area contributed by atoms with Gasteiger partial charge in [0, 0.05) is 24.0 Å². The maximum absolute atomic E-state index is 13.2. The van der Waals surface area contributed by atoms with Crippen LogP contribution in [0, 0.1) is 13.8 Å². The summed E-state index contributed by atoms with van der Waals surface area (Å²) in [4.78, 5) is 23.6. The van der Waals surface area contributed by atoms with Crippen molar-refractivity contribution in [2.45, 2.75) is 33.0 Å². The number of ether oxygens (including phenoxy) is 1. The van der Waals surface area contributed by atoms with Gasteiger partial charge in [-0.05, 0) is 19.9 Å². The van der Waals surface area contributed by atoms with Crippen LogP contribution in [0.25, 0.3) is 0 Å². The maximum Gasteiger partial charge on any atom is 0.277 e. The number of imidazole rings is 1. The second kappa shape index (κ2) is 6.33. The zero-order chi connectivity index (χ0) is 18.3. The van der Waals surface area contributed by atoms with Crippen LogP contribution in [0.1, 0.15) is 39.4 Å². The average Bonchev–Trinajstić information content (AvgIpc) is 3.25. The minimum Gasteiger partial charge on any atom is -0.496 e. The second-order valence-corrected chi connectivity index (χ2v) is 6.37. The van der Waals surface area contributed by atoms with Crippen LogP contribution < -0.4 is 4.74 Å². The molecule has 26 heavy (non-hydrogen) atoms. The third kappa shape index (κ3) is 2.56. The first kappa shape index (κ1) is 16.4. The van der Waals surface area contributed by atoms with E-state index < -0.39 is 0 Å². The maximum atomic E-state index is 13.2. The highest BCUT2D eigenvalue weighted by Gasteiger charge is 2.35. The van der Waals surface area contributed by atoms with Gasteiger partial charge in [-0.1, -0.05) is 18.2 Å². The predicted octanol–water partition coefficient (Wildman–Crippen LogP) is 2.89. The van der Waals surface area contributed by atoms with Gasteiger partial charge in [-0.3, -0.25) is 4.79 Å². The number of nitrogens with zero attached hydrogens (tertiary/aromatic N) is 4. The Labute approximate surface area is 151 Å². The Bertz CT molecular complexity index is 959. The van der Waals surface area contributed by atoms with E-state index in [4.69, 9.17) is 9.15 Å². The molecule has 0 fully saturated rings. The highest BCUT2D eigenvalue weighted by atomic mass is 16.5. The van der Waals surface area contributed by atoms with Crippen molar-refractivity contribution in [1.29, 1.82) is 0 Å². The molecule has 0 saturated heterocycles. The van der Waals surface area contributed by atoms with Crippen LogP contribution in [0.3, 0.4) is 0 Å². The lowest BCUT2D eigenvalue weighted by atomic mass is 10.0. The quantitative estimate of drug-likeness (QED) is 0.725. The molecule has 0 spiro atoms. The number of benzene rings is 1. The molecule has 1 unspecified atom stereocenters. The molecule has 3 heterocycles. The second-order valence-electron chi connectivity index (χ2n) is 6.37. The van der Waals surface area contributed by atoms with Crippen molar-refractivity contribution in [2.75, 3.05) is 7.11 Å². The van der Waals surface area contributed by atoms with Gasteiger partial charge in [-0.15, -0.1) is 0 Å². The number of oxazole rings is 1. The molecule has 4 rings (SSSR count). The van der Waals surface area contributed by atoms with E-state index in [1.54, 1.807) is 18.9 Å². The molecule has 2 aromatic heterocycles. The summed E-state index contributed by atoms with van der Waals surface area (Å²) in [5, 5.41) is 0. The van der Waals surface area contributed by atoms with E-state index in [1.807, 2.05) is 37.4 Å². The van der Waals surface area contributed by atoms with E-state index in [-0.39, 0.29) is 11.9 Å². The number of fused-ring (bicyclic) bond motifs is 1. The summed E-state index contributed by atoms with van der Waals surface area (Å²) in [6.45, 7) is 4.79. The molecule has 0 N–H and O–H groups in total. The summed E-state index contributed by atoms with van der Waals surface area (Å²) in [5.41, 5.74) is 2.37. The normalized spacial score (nSPS) is 16.4. The number of carbonyl (C=O) groups is 1. The molecule has 0 aliphatic carbocycles. The van der Waals surface area contributed by atoms with Gasteiger partial charge in [0.2, 0.25) is 0 Å². The lowest BCUT2D eigenvalue weighted by Gasteiger charge is -2.37. The van der Waals surface area contributed by atoms with Crippen LogP contribution >= 0.6 is 0 Å². The number of hydrogen-bond acceptors (Lipinski definition) is 5. The van der Waals surface area contributed by atoms with Gasteiger partial charge in [0.05, 0.1) is 19.7 Å². The van der Waals surface area contributed by atoms with Crippen molar-refractivity contribution in [3.05, 3.63) is 65.4 Å². The minimum absolute atomic E-state index is 0.168. The average molecular weight is 352 g/mol. The number of para-hydroxylation sites is 1. The standard InChI is InChI=1S/C19H20N4O3/c1-12-8-20-17-10-23(19(24)18-13(2)26-11-21-18)15(9-22(12)17)14-6-4-5-7-16(14)25-3/h4-8,11,15H,9-10H2,1-3H3.